The summed E-state index contributed by atoms with van der Waals surface area (Å²) >= 11 is 0. The molecule has 180 valence electrons. The van der Waals surface area contributed by atoms with Crippen LogP contribution in [0.15, 0.2) is 97.1 Å². The molecule has 36 heavy (non-hydrogen) atoms. The fourth-order valence-electron chi connectivity index (χ4n) is 3.69. The topological polar surface area (TPSA) is 72.9 Å². The van der Waals surface area contributed by atoms with Gasteiger partial charge in [0.2, 0.25) is 0 Å². The number of carbonyl (C=O) groups is 3. The van der Waals surface area contributed by atoms with E-state index in [4.69, 9.17) is 9.47 Å². The third kappa shape index (κ3) is 5.85. The van der Waals surface area contributed by atoms with Crippen LogP contribution in [-0.2, 0) is 14.3 Å². The maximum absolute atomic E-state index is 13.0. The molecule has 0 spiro atoms. The van der Waals surface area contributed by atoms with Crippen molar-refractivity contribution in [2.24, 2.45) is 0 Å². The Morgan fingerprint density at radius 1 is 0.889 bits per heavy atom. The Morgan fingerprint density at radius 2 is 1.56 bits per heavy atom. The lowest BCUT2D eigenvalue weighted by atomic mass is 10.1. The summed E-state index contributed by atoms with van der Waals surface area (Å²) in [7, 11) is 0. The van der Waals surface area contributed by atoms with Gasteiger partial charge in [-0.25, -0.2) is 9.59 Å². The lowest BCUT2D eigenvalue weighted by Crippen LogP contribution is -2.28. The van der Waals surface area contributed by atoms with Gasteiger partial charge in [0.1, 0.15) is 12.4 Å². The van der Waals surface area contributed by atoms with E-state index in [1.165, 1.54) is 6.08 Å². The molecule has 1 heterocycles. The van der Waals surface area contributed by atoms with E-state index in [1.807, 2.05) is 54.6 Å². The highest BCUT2D eigenvalue weighted by atomic mass is 16.5. The van der Waals surface area contributed by atoms with Crippen molar-refractivity contribution in [2.75, 3.05) is 13.2 Å². The van der Waals surface area contributed by atoms with Crippen LogP contribution >= 0.6 is 0 Å². The van der Waals surface area contributed by atoms with Gasteiger partial charge in [-0.05, 0) is 48.4 Å². The normalized spacial score (nSPS) is 13.6. The maximum atomic E-state index is 13.0. The number of ether oxygens (including phenoxy) is 2. The number of nitrogens with zero attached hydrogens (tertiary/aromatic N) is 1. The van der Waals surface area contributed by atoms with Crippen LogP contribution in [0.25, 0.3) is 17.8 Å². The predicted molar refractivity (Wildman–Crippen MR) is 139 cm³/mol. The second kappa shape index (κ2) is 11.1. The maximum Gasteiger partial charge on any atom is 0.336 e. The first-order chi connectivity index (χ1) is 17.4. The first-order valence-electron chi connectivity index (χ1n) is 11.4. The van der Waals surface area contributed by atoms with Crippen molar-refractivity contribution in [3.05, 3.63) is 119 Å². The number of benzene rings is 3. The van der Waals surface area contributed by atoms with E-state index in [-0.39, 0.29) is 19.1 Å². The molecule has 1 amide bonds. The number of carbonyl (C=O) groups excluding carboxylic acids is 3. The molecule has 3 aromatic carbocycles. The fraction of sp³-hybridized carbons (Fsp3) is 0.100. The van der Waals surface area contributed by atoms with Crippen LogP contribution in [-0.4, -0.2) is 35.9 Å². The monoisotopic (exact) mass is 479 g/mol. The molecule has 0 saturated carbocycles. The van der Waals surface area contributed by atoms with Gasteiger partial charge in [-0.1, -0.05) is 67.2 Å². The molecule has 0 N–H and O–H groups in total. The van der Waals surface area contributed by atoms with Crippen molar-refractivity contribution in [2.45, 2.75) is 6.92 Å². The van der Waals surface area contributed by atoms with Gasteiger partial charge in [0, 0.05) is 22.8 Å². The zero-order chi connectivity index (χ0) is 25.5. The van der Waals surface area contributed by atoms with Gasteiger partial charge in [-0.3, -0.25) is 4.79 Å². The second-order valence-corrected chi connectivity index (χ2v) is 8.18. The van der Waals surface area contributed by atoms with Gasteiger partial charge in [0.15, 0.2) is 0 Å². The van der Waals surface area contributed by atoms with Crippen molar-refractivity contribution < 1.29 is 23.9 Å². The second-order valence-electron chi connectivity index (χ2n) is 8.18. The molecule has 0 fully saturated rings. The Labute approximate surface area is 209 Å². The number of rotatable bonds is 8. The van der Waals surface area contributed by atoms with Crippen molar-refractivity contribution >= 4 is 35.7 Å². The highest BCUT2D eigenvalue weighted by molar-refractivity contribution is 6.11. The van der Waals surface area contributed by atoms with Crippen LogP contribution in [0.5, 0.6) is 5.75 Å². The van der Waals surface area contributed by atoms with Crippen LogP contribution in [0.1, 0.15) is 34.0 Å². The van der Waals surface area contributed by atoms with Gasteiger partial charge in [-0.2, -0.15) is 0 Å². The molecule has 4 rings (SSSR count). The number of esters is 2. The highest BCUT2D eigenvalue weighted by Gasteiger charge is 2.31. The van der Waals surface area contributed by atoms with Crippen LogP contribution in [0, 0.1) is 0 Å². The van der Waals surface area contributed by atoms with E-state index >= 15 is 0 Å². The first kappa shape index (κ1) is 24.4. The lowest BCUT2D eigenvalue weighted by molar-refractivity contribution is -0.139. The summed E-state index contributed by atoms with van der Waals surface area (Å²) < 4.78 is 10.6. The van der Waals surface area contributed by atoms with E-state index in [0.717, 1.165) is 16.7 Å². The zero-order valence-corrected chi connectivity index (χ0v) is 19.8. The molecule has 3 aromatic rings. The summed E-state index contributed by atoms with van der Waals surface area (Å²) in [5, 5.41) is 0. The Morgan fingerprint density at radius 3 is 2.25 bits per heavy atom. The highest BCUT2D eigenvalue weighted by Crippen LogP contribution is 2.34. The minimum absolute atomic E-state index is 0.0498. The molecule has 0 saturated heterocycles. The van der Waals surface area contributed by atoms with Crippen LogP contribution < -0.4 is 4.74 Å². The average Bonchev–Trinajstić information content (AvgIpc) is 3.15. The van der Waals surface area contributed by atoms with E-state index in [1.54, 1.807) is 48.2 Å². The zero-order valence-electron chi connectivity index (χ0n) is 19.8. The molecule has 6 heteroatoms. The summed E-state index contributed by atoms with van der Waals surface area (Å²) in [4.78, 5) is 38.5. The van der Waals surface area contributed by atoms with Gasteiger partial charge >= 0.3 is 11.9 Å². The number of hydrogen-bond acceptors (Lipinski definition) is 5. The van der Waals surface area contributed by atoms with Gasteiger partial charge < -0.3 is 14.4 Å². The number of fused-ring (bicyclic) bond motifs is 1. The molecule has 0 bridgehead atoms. The minimum Gasteiger partial charge on any atom is -0.460 e. The van der Waals surface area contributed by atoms with Crippen LogP contribution in [0.3, 0.4) is 0 Å². The number of amides is 1. The Hall–Kier alpha value is -4.71. The van der Waals surface area contributed by atoms with Gasteiger partial charge in [0.25, 0.3) is 5.91 Å². The summed E-state index contributed by atoms with van der Waals surface area (Å²) in [6.45, 7) is 5.41. The van der Waals surface area contributed by atoms with E-state index in [2.05, 4.69) is 6.58 Å². The molecule has 1 aliphatic rings. The quantitative estimate of drug-likeness (QED) is 0.246. The van der Waals surface area contributed by atoms with E-state index in [9.17, 15) is 14.4 Å². The molecule has 0 radical (unpaired) electrons. The molecule has 0 atom stereocenters. The average molecular weight is 480 g/mol. The van der Waals surface area contributed by atoms with Crippen LogP contribution in [0.4, 0.5) is 0 Å². The fourth-order valence-corrected chi connectivity index (χ4v) is 3.69. The Kier molecular flexibility index (Phi) is 7.56. The SMILES string of the molecule is C=C(C)C(=O)OCCN1C(=O)c2ccccc2C1=Cc1ccc(OC(=O)C=Cc2ccccc2)cc1. The Bertz CT molecular complexity index is 1350. The molecule has 1 aliphatic heterocycles. The third-order valence-corrected chi connectivity index (χ3v) is 5.48. The van der Waals surface area contributed by atoms with Crippen molar-refractivity contribution in [3.8, 4) is 5.75 Å². The van der Waals surface area contributed by atoms with Crippen molar-refractivity contribution in [3.63, 3.8) is 0 Å². The minimum atomic E-state index is -0.492. The van der Waals surface area contributed by atoms with Gasteiger partial charge in [-0.15, -0.1) is 0 Å². The molecular formula is C30H25NO5. The van der Waals surface area contributed by atoms with E-state index in [0.29, 0.717) is 22.6 Å². The van der Waals surface area contributed by atoms with Crippen molar-refractivity contribution in [1.82, 2.24) is 4.90 Å². The predicted octanol–water partition coefficient (Wildman–Crippen LogP) is 5.38. The standard InChI is InChI=1S/C30H25NO5/c1-21(2)30(34)35-19-18-31-27(25-10-6-7-11-26(25)29(31)33)20-23-12-15-24(16-13-23)36-28(32)17-14-22-8-4-3-5-9-22/h3-17,20H,1,18-19H2,2H3. The molecule has 0 aliphatic carbocycles. The van der Waals surface area contributed by atoms with Gasteiger partial charge in [0.05, 0.1) is 12.2 Å². The molecular weight excluding hydrogens is 454 g/mol. The van der Waals surface area contributed by atoms with E-state index < -0.39 is 11.9 Å². The molecule has 0 aromatic heterocycles. The Balaban J connectivity index is 1.48. The summed E-state index contributed by atoms with van der Waals surface area (Å²) in [5.41, 5.74) is 4.12. The molecule has 6 nitrogen and oxygen atoms in total. The summed E-state index contributed by atoms with van der Waals surface area (Å²) in [5.74, 6) is -0.713. The number of hydrogen-bond donors (Lipinski definition) is 0. The van der Waals surface area contributed by atoms with Crippen LogP contribution in [0.2, 0.25) is 0 Å². The third-order valence-electron chi connectivity index (χ3n) is 5.48. The molecule has 0 unspecified atom stereocenters. The van der Waals surface area contributed by atoms with Crippen molar-refractivity contribution in [1.29, 1.82) is 0 Å². The largest absolute Gasteiger partial charge is 0.460 e. The smallest absolute Gasteiger partial charge is 0.336 e. The first-order valence-corrected chi connectivity index (χ1v) is 11.4. The summed E-state index contributed by atoms with van der Waals surface area (Å²) in [6, 6.07) is 23.8. The lowest BCUT2D eigenvalue weighted by Gasteiger charge is -2.18. The summed E-state index contributed by atoms with van der Waals surface area (Å²) in [6.07, 6.45) is 4.95.